The summed E-state index contributed by atoms with van der Waals surface area (Å²) >= 11 is 0. The average Bonchev–Trinajstić information content (AvgIpc) is 2.94. The predicted molar refractivity (Wildman–Crippen MR) is 80.4 cm³/mol. The fourth-order valence-corrected chi connectivity index (χ4v) is 2.76. The van der Waals surface area contributed by atoms with Gasteiger partial charge in [-0.2, -0.15) is 0 Å². The van der Waals surface area contributed by atoms with Crippen LogP contribution in [0.4, 0.5) is 5.69 Å². The van der Waals surface area contributed by atoms with E-state index in [2.05, 4.69) is 36.5 Å². The first kappa shape index (κ1) is 12.4. The number of benzene rings is 2. The second-order valence-corrected chi connectivity index (χ2v) is 5.51. The van der Waals surface area contributed by atoms with Crippen LogP contribution in [-0.4, -0.2) is 19.4 Å². The van der Waals surface area contributed by atoms with E-state index in [1.54, 1.807) is 0 Å². The second-order valence-electron chi connectivity index (χ2n) is 5.51. The summed E-state index contributed by atoms with van der Waals surface area (Å²) in [6.45, 7) is 3.20. The molecule has 4 rings (SSSR count). The van der Waals surface area contributed by atoms with Gasteiger partial charge in [0.1, 0.15) is 11.9 Å². The Morgan fingerprint density at radius 2 is 1.95 bits per heavy atom. The molecule has 1 atom stereocenters. The molecule has 1 unspecified atom stereocenters. The molecule has 21 heavy (non-hydrogen) atoms. The zero-order chi connectivity index (χ0) is 14.2. The van der Waals surface area contributed by atoms with Crippen LogP contribution in [0.3, 0.4) is 0 Å². The normalized spacial score (nSPS) is 18.6. The molecule has 0 aliphatic carbocycles. The van der Waals surface area contributed by atoms with Gasteiger partial charge in [0.2, 0.25) is 6.79 Å². The summed E-state index contributed by atoms with van der Waals surface area (Å²) in [5, 5.41) is 3.43. The van der Waals surface area contributed by atoms with Crippen molar-refractivity contribution in [3.8, 4) is 17.2 Å². The number of fused-ring (bicyclic) bond motifs is 2. The van der Waals surface area contributed by atoms with E-state index in [-0.39, 0.29) is 6.10 Å². The lowest BCUT2D eigenvalue weighted by Crippen LogP contribution is -2.32. The van der Waals surface area contributed by atoms with Gasteiger partial charge in [-0.3, -0.25) is 0 Å². The van der Waals surface area contributed by atoms with E-state index in [0.717, 1.165) is 35.9 Å². The summed E-state index contributed by atoms with van der Waals surface area (Å²) in [4.78, 5) is 0. The first-order valence-corrected chi connectivity index (χ1v) is 7.18. The SMILES string of the molecule is Cc1ccc2c(c1)OC(Cc1ccc3c(c1)OCO3)CN2. The van der Waals surface area contributed by atoms with E-state index in [9.17, 15) is 0 Å². The fourth-order valence-electron chi connectivity index (χ4n) is 2.76. The zero-order valence-corrected chi connectivity index (χ0v) is 11.9. The third kappa shape index (κ3) is 2.37. The summed E-state index contributed by atoms with van der Waals surface area (Å²) in [7, 11) is 0. The lowest BCUT2D eigenvalue weighted by molar-refractivity contribution is 0.174. The minimum Gasteiger partial charge on any atom is -0.486 e. The molecule has 1 N–H and O–H groups in total. The third-order valence-corrected chi connectivity index (χ3v) is 3.85. The molecular weight excluding hydrogens is 266 g/mol. The summed E-state index contributed by atoms with van der Waals surface area (Å²) in [6.07, 6.45) is 0.969. The average molecular weight is 283 g/mol. The van der Waals surface area contributed by atoms with E-state index in [0.29, 0.717) is 6.79 Å². The highest BCUT2D eigenvalue weighted by molar-refractivity contribution is 5.59. The Hall–Kier alpha value is -2.36. The molecule has 2 aliphatic heterocycles. The number of hydrogen-bond acceptors (Lipinski definition) is 4. The maximum atomic E-state index is 6.10. The van der Waals surface area contributed by atoms with E-state index in [1.165, 1.54) is 11.1 Å². The minimum atomic E-state index is 0.125. The molecule has 4 nitrogen and oxygen atoms in total. The highest BCUT2D eigenvalue weighted by Gasteiger charge is 2.21. The number of rotatable bonds is 2. The number of hydrogen-bond donors (Lipinski definition) is 1. The standard InChI is InChI=1S/C17H17NO3/c1-11-2-4-14-16(6-11)21-13(9-18-14)7-12-3-5-15-17(8-12)20-10-19-15/h2-6,8,13,18H,7,9-10H2,1H3. The smallest absolute Gasteiger partial charge is 0.231 e. The van der Waals surface area contributed by atoms with Crippen LogP contribution in [0, 0.1) is 6.92 Å². The largest absolute Gasteiger partial charge is 0.486 e. The Morgan fingerprint density at radius 1 is 1.05 bits per heavy atom. The Balaban J connectivity index is 1.51. The zero-order valence-electron chi connectivity index (χ0n) is 11.9. The summed E-state index contributed by atoms with van der Waals surface area (Å²) in [6, 6.07) is 12.3. The van der Waals surface area contributed by atoms with Crippen molar-refractivity contribution in [2.75, 3.05) is 18.7 Å². The fraction of sp³-hybridized carbons (Fsp3) is 0.294. The maximum Gasteiger partial charge on any atom is 0.231 e. The monoisotopic (exact) mass is 283 g/mol. The van der Waals surface area contributed by atoms with Crippen LogP contribution in [0.15, 0.2) is 36.4 Å². The quantitative estimate of drug-likeness (QED) is 0.919. The van der Waals surface area contributed by atoms with Gasteiger partial charge in [-0.15, -0.1) is 0 Å². The van der Waals surface area contributed by atoms with Crippen molar-refractivity contribution >= 4 is 5.69 Å². The van der Waals surface area contributed by atoms with Crippen LogP contribution >= 0.6 is 0 Å². The van der Waals surface area contributed by atoms with Crippen molar-refractivity contribution < 1.29 is 14.2 Å². The van der Waals surface area contributed by atoms with Gasteiger partial charge < -0.3 is 19.5 Å². The summed E-state index contributed by atoms with van der Waals surface area (Å²) in [5.41, 5.74) is 3.48. The molecule has 0 radical (unpaired) electrons. The Kier molecular flexibility index (Phi) is 2.88. The van der Waals surface area contributed by atoms with Gasteiger partial charge in [-0.25, -0.2) is 0 Å². The van der Waals surface area contributed by atoms with Crippen LogP contribution < -0.4 is 19.5 Å². The molecule has 0 aromatic heterocycles. The molecule has 0 amide bonds. The van der Waals surface area contributed by atoms with Crippen LogP contribution in [0.1, 0.15) is 11.1 Å². The van der Waals surface area contributed by atoms with Gasteiger partial charge in [0.15, 0.2) is 11.5 Å². The van der Waals surface area contributed by atoms with E-state index in [4.69, 9.17) is 14.2 Å². The van der Waals surface area contributed by atoms with Crippen LogP contribution in [-0.2, 0) is 6.42 Å². The molecule has 0 fully saturated rings. The van der Waals surface area contributed by atoms with Gasteiger partial charge in [0.05, 0.1) is 12.2 Å². The van der Waals surface area contributed by atoms with Gasteiger partial charge in [0, 0.05) is 6.42 Å². The number of ether oxygens (including phenoxy) is 3. The molecule has 2 aliphatic rings. The van der Waals surface area contributed by atoms with Crippen molar-refractivity contribution in [1.29, 1.82) is 0 Å². The van der Waals surface area contributed by atoms with Gasteiger partial charge >= 0.3 is 0 Å². The highest BCUT2D eigenvalue weighted by atomic mass is 16.7. The molecule has 2 aromatic carbocycles. The van der Waals surface area contributed by atoms with Crippen molar-refractivity contribution in [2.24, 2.45) is 0 Å². The Morgan fingerprint density at radius 3 is 2.90 bits per heavy atom. The lowest BCUT2D eigenvalue weighted by Gasteiger charge is -2.27. The first-order valence-electron chi connectivity index (χ1n) is 7.18. The lowest BCUT2D eigenvalue weighted by atomic mass is 10.1. The molecule has 2 aromatic rings. The molecule has 0 spiro atoms. The van der Waals surface area contributed by atoms with Crippen molar-refractivity contribution in [1.82, 2.24) is 0 Å². The molecule has 4 heteroatoms. The van der Waals surface area contributed by atoms with Crippen molar-refractivity contribution in [2.45, 2.75) is 19.4 Å². The Labute approximate surface area is 123 Å². The second kappa shape index (κ2) is 4.88. The topological polar surface area (TPSA) is 39.7 Å². The van der Waals surface area contributed by atoms with Crippen molar-refractivity contribution in [3.63, 3.8) is 0 Å². The van der Waals surface area contributed by atoms with Gasteiger partial charge in [-0.1, -0.05) is 12.1 Å². The summed E-state index contributed by atoms with van der Waals surface area (Å²) < 4.78 is 16.9. The highest BCUT2D eigenvalue weighted by Crippen LogP contribution is 2.34. The van der Waals surface area contributed by atoms with Gasteiger partial charge in [0.25, 0.3) is 0 Å². The maximum absolute atomic E-state index is 6.10. The van der Waals surface area contributed by atoms with E-state index >= 15 is 0 Å². The number of anilines is 1. The molecule has 2 heterocycles. The molecule has 108 valence electrons. The Bertz CT molecular complexity index is 684. The van der Waals surface area contributed by atoms with Crippen LogP contribution in [0.2, 0.25) is 0 Å². The molecule has 0 bridgehead atoms. The third-order valence-electron chi connectivity index (χ3n) is 3.85. The molecular formula is C17H17NO3. The van der Waals surface area contributed by atoms with Gasteiger partial charge in [-0.05, 0) is 42.3 Å². The molecule has 0 saturated carbocycles. The predicted octanol–water partition coefficient (Wildman–Crippen LogP) is 3.14. The van der Waals surface area contributed by atoms with Crippen LogP contribution in [0.5, 0.6) is 17.2 Å². The summed E-state index contributed by atoms with van der Waals surface area (Å²) in [5.74, 6) is 2.59. The minimum absolute atomic E-state index is 0.125. The first-order chi connectivity index (χ1) is 10.3. The van der Waals surface area contributed by atoms with Crippen molar-refractivity contribution in [3.05, 3.63) is 47.5 Å². The number of nitrogens with one attached hydrogen (secondary N) is 1. The molecule has 0 saturated heterocycles. The number of aryl methyl sites for hydroxylation is 1. The van der Waals surface area contributed by atoms with E-state index in [1.807, 2.05) is 12.1 Å². The van der Waals surface area contributed by atoms with Crippen LogP contribution in [0.25, 0.3) is 0 Å². The van der Waals surface area contributed by atoms with E-state index < -0.39 is 0 Å².